The third-order valence-electron chi connectivity index (χ3n) is 3.05. The molecule has 3 aromatic rings. The summed E-state index contributed by atoms with van der Waals surface area (Å²) in [6.07, 6.45) is -2.67. The Morgan fingerprint density at radius 2 is 1.68 bits per heavy atom. The van der Waals surface area contributed by atoms with Gasteiger partial charge >= 0.3 is 6.18 Å². The van der Waals surface area contributed by atoms with E-state index < -0.39 is 11.7 Å². The summed E-state index contributed by atoms with van der Waals surface area (Å²) in [6, 6.07) is 11.8. The molecule has 0 bridgehead atoms. The molecule has 0 unspecified atom stereocenters. The number of halogens is 4. The van der Waals surface area contributed by atoms with Gasteiger partial charge in [-0.05, 0) is 58.4 Å². The minimum Gasteiger partial charge on any atom is -0.457 e. The molecule has 1 aromatic heterocycles. The summed E-state index contributed by atoms with van der Waals surface area (Å²) in [4.78, 5) is 4.24. The van der Waals surface area contributed by atoms with Crippen LogP contribution in [-0.4, -0.2) is 4.98 Å². The number of hydrogen-bond donors (Lipinski definition) is 0. The molecule has 0 aliphatic rings. The molecule has 0 aliphatic carbocycles. The number of aromatic nitrogens is 1. The number of ether oxygens (including phenoxy) is 1. The van der Waals surface area contributed by atoms with Gasteiger partial charge in [0.1, 0.15) is 11.5 Å². The second kappa shape index (κ2) is 5.61. The Labute approximate surface area is 132 Å². The molecule has 22 heavy (non-hydrogen) atoms. The van der Waals surface area contributed by atoms with Crippen LogP contribution in [-0.2, 0) is 6.18 Å². The predicted octanol–water partition coefficient (Wildman–Crippen LogP) is 5.81. The quantitative estimate of drug-likeness (QED) is 0.570. The fourth-order valence-electron chi connectivity index (χ4n) is 2.03. The van der Waals surface area contributed by atoms with Crippen LogP contribution in [0.4, 0.5) is 13.2 Å². The first-order chi connectivity index (χ1) is 10.4. The third-order valence-corrected chi connectivity index (χ3v) is 3.65. The van der Waals surface area contributed by atoms with Crippen molar-refractivity contribution in [3.63, 3.8) is 0 Å². The van der Waals surface area contributed by atoms with Crippen molar-refractivity contribution in [2.45, 2.75) is 6.18 Å². The fourth-order valence-corrected chi connectivity index (χ4v) is 2.59. The van der Waals surface area contributed by atoms with Gasteiger partial charge in [0.25, 0.3) is 0 Å². The van der Waals surface area contributed by atoms with Crippen molar-refractivity contribution in [1.29, 1.82) is 0 Å². The van der Waals surface area contributed by atoms with Crippen LogP contribution in [0.2, 0.25) is 0 Å². The molecule has 0 aliphatic heterocycles. The maximum absolute atomic E-state index is 12.5. The highest BCUT2D eigenvalue weighted by Gasteiger charge is 2.30. The lowest BCUT2D eigenvalue weighted by Gasteiger charge is -2.10. The zero-order valence-corrected chi connectivity index (χ0v) is 12.6. The number of pyridine rings is 1. The summed E-state index contributed by atoms with van der Waals surface area (Å²) < 4.78 is 43.9. The van der Waals surface area contributed by atoms with Crippen LogP contribution in [0, 0.1) is 0 Å². The van der Waals surface area contributed by atoms with Crippen LogP contribution in [0.5, 0.6) is 11.5 Å². The van der Waals surface area contributed by atoms with E-state index in [2.05, 4.69) is 20.9 Å². The molecule has 3 rings (SSSR count). The number of rotatable bonds is 2. The van der Waals surface area contributed by atoms with Crippen molar-refractivity contribution in [1.82, 2.24) is 4.98 Å². The molecule has 0 spiro atoms. The second-order valence-corrected chi connectivity index (χ2v) is 5.46. The lowest BCUT2D eigenvalue weighted by atomic mass is 10.2. The maximum Gasteiger partial charge on any atom is 0.416 e. The van der Waals surface area contributed by atoms with Crippen LogP contribution in [0.1, 0.15) is 5.56 Å². The first-order valence-electron chi connectivity index (χ1n) is 6.33. The molecule has 1 heterocycles. The zero-order chi connectivity index (χ0) is 15.7. The highest BCUT2D eigenvalue weighted by molar-refractivity contribution is 9.10. The topological polar surface area (TPSA) is 22.1 Å². The minimum absolute atomic E-state index is 0.336. The van der Waals surface area contributed by atoms with E-state index in [1.165, 1.54) is 12.1 Å². The predicted molar refractivity (Wildman–Crippen MR) is 81.0 cm³/mol. The Morgan fingerprint density at radius 1 is 0.955 bits per heavy atom. The van der Waals surface area contributed by atoms with E-state index in [0.717, 1.165) is 27.5 Å². The largest absolute Gasteiger partial charge is 0.457 e. The van der Waals surface area contributed by atoms with Gasteiger partial charge < -0.3 is 4.74 Å². The Balaban J connectivity index is 1.90. The molecular formula is C16H9BrF3NO. The molecular weight excluding hydrogens is 359 g/mol. The van der Waals surface area contributed by atoms with Gasteiger partial charge in [0.2, 0.25) is 0 Å². The summed E-state index contributed by atoms with van der Waals surface area (Å²) >= 11 is 3.41. The maximum atomic E-state index is 12.5. The van der Waals surface area contributed by atoms with E-state index in [9.17, 15) is 13.2 Å². The molecule has 112 valence electrons. The zero-order valence-electron chi connectivity index (χ0n) is 11.1. The lowest BCUT2D eigenvalue weighted by Crippen LogP contribution is -2.03. The van der Waals surface area contributed by atoms with Crippen molar-refractivity contribution in [3.05, 3.63) is 64.8 Å². The SMILES string of the molecule is FC(F)(F)c1ccc(Oc2cc(Br)c3ncccc3c2)cc1. The Bertz CT molecular complexity index is 816. The van der Waals surface area contributed by atoms with E-state index in [1.807, 2.05) is 6.07 Å². The Kier molecular flexibility index (Phi) is 3.78. The molecule has 0 atom stereocenters. The van der Waals surface area contributed by atoms with Crippen LogP contribution in [0.15, 0.2) is 59.2 Å². The molecule has 0 saturated carbocycles. The smallest absolute Gasteiger partial charge is 0.416 e. The van der Waals surface area contributed by atoms with Crippen molar-refractivity contribution < 1.29 is 17.9 Å². The summed E-state index contributed by atoms with van der Waals surface area (Å²) in [5.74, 6) is 0.857. The first kappa shape index (κ1) is 14.8. The molecule has 6 heteroatoms. The van der Waals surface area contributed by atoms with Gasteiger partial charge in [-0.1, -0.05) is 6.07 Å². The van der Waals surface area contributed by atoms with Crippen LogP contribution >= 0.6 is 15.9 Å². The summed E-state index contributed by atoms with van der Waals surface area (Å²) in [7, 11) is 0. The van der Waals surface area contributed by atoms with Gasteiger partial charge in [-0.3, -0.25) is 4.98 Å². The number of hydrogen-bond acceptors (Lipinski definition) is 2. The van der Waals surface area contributed by atoms with Crippen molar-refractivity contribution in [3.8, 4) is 11.5 Å². The number of alkyl halides is 3. The van der Waals surface area contributed by atoms with Crippen molar-refractivity contribution in [2.75, 3.05) is 0 Å². The van der Waals surface area contributed by atoms with Crippen LogP contribution in [0.25, 0.3) is 10.9 Å². The fraction of sp³-hybridized carbons (Fsp3) is 0.0625. The average molecular weight is 368 g/mol. The lowest BCUT2D eigenvalue weighted by molar-refractivity contribution is -0.137. The summed E-state index contributed by atoms with van der Waals surface area (Å²) in [5, 5.41) is 0.874. The standard InChI is InChI=1S/C16H9BrF3NO/c17-14-9-13(8-10-2-1-7-21-15(10)14)22-12-5-3-11(4-6-12)16(18,19)20/h1-9H. The molecule has 0 N–H and O–H groups in total. The molecule has 2 nitrogen and oxygen atoms in total. The van der Waals surface area contributed by atoms with Gasteiger partial charge in [-0.2, -0.15) is 13.2 Å². The van der Waals surface area contributed by atoms with E-state index in [0.29, 0.717) is 11.5 Å². The molecule has 0 amide bonds. The Morgan fingerprint density at radius 3 is 2.36 bits per heavy atom. The third kappa shape index (κ3) is 3.06. The van der Waals surface area contributed by atoms with E-state index in [-0.39, 0.29) is 0 Å². The van der Waals surface area contributed by atoms with Gasteiger partial charge in [0, 0.05) is 16.1 Å². The number of benzene rings is 2. The van der Waals surface area contributed by atoms with Crippen LogP contribution < -0.4 is 4.74 Å². The number of nitrogens with zero attached hydrogens (tertiary/aromatic N) is 1. The Hall–Kier alpha value is -2.08. The monoisotopic (exact) mass is 367 g/mol. The van der Waals surface area contributed by atoms with E-state index >= 15 is 0 Å². The average Bonchev–Trinajstić information content (AvgIpc) is 2.47. The van der Waals surface area contributed by atoms with Gasteiger partial charge in [0.15, 0.2) is 0 Å². The highest BCUT2D eigenvalue weighted by Crippen LogP contribution is 2.33. The van der Waals surface area contributed by atoms with Crippen LogP contribution in [0.3, 0.4) is 0 Å². The minimum atomic E-state index is -4.35. The van der Waals surface area contributed by atoms with Crippen molar-refractivity contribution >= 4 is 26.8 Å². The normalized spacial score (nSPS) is 11.6. The van der Waals surface area contributed by atoms with Gasteiger partial charge in [-0.25, -0.2) is 0 Å². The summed E-state index contributed by atoms with van der Waals surface area (Å²) in [5.41, 5.74) is 0.0889. The second-order valence-electron chi connectivity index (χ2n) is 4.60. The molecule has 0 radical (unpaired) electrons. The first-order valence-corrected chi connectivity index (χ1v) is 7.12. The van der Waals surface area contributed by atoms with Gasteiger partial charge in [0.05, 0.1) is 11.1 Å². The highest BCUT2D eigenvalue weighted by atomic mass is 79.9. The molecule has 2 aromatic carbocycles. The van der Waals surface area contributed by atoms with E-state index in [4.69, 9.17) is 4.74 Å². The molecule has 0 saturated heterocycles. The van der Waals surface area contributed by atoms with Crippen molar-refractivity contribution in [2.24, 2.45) is 0 Å². The molecule has 0 fully saturated rings. The summed E-state index contributed by atoms with van der Waals surface area (Å²) in [6.45, 7) is 0. The van der Waals surface area contributed by atoms with E-state index in [1.54, 1.807) is 24.4 Å². The van der Waals surface area contributed by atoms with Gasteiger partial charge in [-0.15, -0.1) is 0 Å². The number of fused-ring (bicyclic) bond motifs is 1.